The highest BCUT2D eigenvalue weighted by Crippen LogP contribution is 2.37. The molecular weight excluding hydrogens is 293 g/mol. The molecule has 0 aromatic carbocycles. The Morgan fingerprint density at radius 3 is 2.14 bits per heavy atom. The SMILES string of the molecule is COc1ncc(S(C)(=O)=O)cc1B1OC(C)(C)C(C)(C)O1. The lowest BCUT2D eigenvalue weighted by molar-refractivity contribution is 0.00578. The van der Waals surface area contributed by atoms with Crippen molar-refractivity contribution in [2.45, 2.75) is 43.8 Å². The molecule has 8 heteroatoms. The van der Waals surface area contributed by atoms with Gasteiger partial charge in [0.15, 0.2) is 9.84 Å². The van der Waals surface area contributed by atoms with Crippen molar-refractivity contribution in [1.82, 2.24) is 4.98 Å². The number of pyridine rings is 1. The van der Waals surface area contributed by atoms with Crippen LogP contribution in [0.3, 0.4) is 0 Å². The van der Waals surface area contributed by atoms with E-state index in [4.69, 9.17) is 14.0 Å². The number of sulfone groups is 1. The number of aromatic nitrogens is 1. The summed E-state index contributed by atoms with van der Waals surface area (Å²) in [5, 5.41) is 0. The molecule has 0 radical (unpaired) electrons. The first-order valence-electron chi connectivity index (χ1n) is 6.57. The van der Waals surface area contributed by atoms with Gasteiger partial charge in [-0.25, -0.2) is 13.4 Å². The number of hydrogen-bond donors (Lipinski definition) is 0. The molecular formula is C13H20BNO5S. The topological polar surface area (TPSA) is 74.7 Å². The van der Waals surface area contributed by atoms with Gasteiger partial charge in [-0.1, -0.05) is 0 Å². The van der Waals surface area contributed by atoms with Crippen molar-refractivity contribution >= 4 is 22.4 Å². The number of methoxy groups -OCH3 is 1. The molecule has 0 N–H and O–H groups in total. The molecule has 1 saturated heterocycles. The van der Waals surface area contributed by atoms with Crippen molar-refractivity contribution in [3.8, 4) is 5.88 Å². The maximum absolute atomic E-state index is 11.7. The zero-order valence-corrected chi connectivity index (χ0v) is 13.9. The van der Waals surface area contributed by atoms with Gasteiger partial charge >= 0.3 is 7.12 Å². The van der Waals surface area contributed by atoms with E-state index in [1.54, 1.807) is 0 Å². The van der Waals surface area contributed by atoms with E-state index in [2.05, 4.69) is 4.98 Å². The number of ether oxygens (including phenoxy) is 1. The highest BCUT2D eigenvalue weighted by molar-refractivity contribution is 7.90. The molecule has 0 unspecified atom stereocenters. The lowest BCUT2D eigenvalue weighted by Gasteiger charge is -2.32. The molecule has 0 saturated carbocycles. The van der Waals surface area contributed by atoms with Crippen molar-refractivity contribution in [3.05, 3.63) is 12.3 Å². The first kappa shape index (κ1) is 16.3. The van der Waals surface area contributed by atoms with Crippen LogP contribution >= 0.6 is 0 Å². The number of rotatable bonds is 3. The summed E-state index contributed by atoms with van der Waals surface area (Å²) >= 11 is 0. The van der Waals surface area contributed by atoms with Gasteiger partial charge in [-0.05, 0) is 33.8 Å². The van der Waals surface area contributed by atoms with Crippen molar-refractivity contribution in [3.63, 3.8) is 0 Å². The van der Waals surface area contributed by atoms with E-state index >= 15 is 0 Å². The smallest absolute Gasteiger partial charge is 0.481 e. The van der Waals surface area contributed by atoms with Crippen LogP contribution in [-0.2, 0) is 19.1 Å². The van der Waals surface area contributed by atoms with E-state index < -0.39 is 28.2 Å². The van der Waals surface area contributed by atoms with Gasteiger partial charge in [0.05, 0.1) is 23.2 Å². The van der Waals surface area contributed by atoms with Crippen molar-refractivity contribution in [1.29, 1.82) is 0 Å². The van der Waals surface area contributed by atoms with Gasteiger partial charge in [-0.15, -0.1) is 0 Å². The second-order valence-electron chi connectivity index (χ2n) is 6.13. The quantitative estimate of drug-likeness (QED) is 0.768. The molecule has 0 atom stereocenters. The fourth-order valence-corrected chi connectivity index (χ4v) is 2.55. The molecule has 2 rings (SSSR count). The maximum Gasteiger partial charge on any atom is 0.500 e. The van der Waals surface area contributed by atoms with Crippen LogP contribution < -0.4 is 10.2 Å². The Morgan fingerprint density at radius 2 is 1.71 bits per heavy atom. The van der Waals surface area contributed by atoms with Crippen LogP contribution in [-0.4, -0.2) is 45.1 Å². The first-order valence-corrected chi connectivity index (χ1v) is 8.47. The fraction of sp³-hybridized carbons (Fsp3) is 0.615. The Bertz CT molecular complexity index is 641. The summed E-state index contributed by atoms with van der Waals surface area (Å²) in [6.45, 7) is 7.70. The van der Waals surface area contributed by atoms with E-state index in [1.807, 2.05) is 27.7 Å². The molecule has 1 aliphatic rings. The molecule has 1 fully saturated rings. The Morgan fingerprint density at radius 1 is 1.19 bits per heavy atom. The Hall–Kier alpha value is -1.12. The van der Waals surface area contributed by atoms with Crippen LogP contribution in [0.5, 0.6) is 5.88 Å². The number of nitrogens with zero attached hydrogens (tertiary/aromatic N) is 1. The predicted molar refractivity (Wildman–Crippen MR) is 79.6 cm³/mol. The molecule has 1 aromatic heterocycles. The zero-order chi connectivity index (χ0) is 16.1. The molecule has 0 spiro atoms. The molecule has 1 aromatic rings. The van der Waals surface area contributed by atoms with Crippen molar-refractivity contribution in [2.24, 2.45) is 0 Å². The third-order valence-corrected chi connectivity index (χ3v) is 5.06. The first-order chi connectivity index (χ1) is 9.48. The summed E-state index contributed by atoms with van der Waals surface area (Å²) in [5.74, 6) is 0.292. The normalized spacial score (nSPS) is 20.6. The Labute approximate surface area is 125 Å². The summed E-state index contributed by atoms with van der Waals surface area (Å²) in [6, 6.07) is 1.49. The van der Waals surface area contributed by atoms with Crippen molar-refractivity contribution < 1.29 is 22.5 Å². The molecule has 0 aliphatic carbocycles. The summed E-state index contributed by atoms with van der Waals surface area (Å²) in [4.78, 5) is 4.15. The monoisotopic (exact) mass is 313 g/mol. The molecule has 0 amide bonds. The van der Waals surface area contributed by atoms with E-state index in [0.717, 1.165) is 6.26 Å². The minimum Gasteiger partial charge on any atom is -0.481 e. The van der Waals surface area contributed by atoms with Gasteiger partial charge < -0.3 is 14.0 Å². The highest BCUT2D eigenvalue weighted by atomic mass is 32.2. The van der Waals surface area contributed by atoms with Gasteiger partial charge in [0.1, 0.15) is 0 Å². The highest BCUT2D eigenvalue weighted by Gasteiger charge is 2.52. The van der Waals surface area contributed by atoms with E-state index in [9.17, 15) is 8.42 Å². The zero-order valence-electron chi connectivity index (χ0n) is 13.1. The van der Waals surface area contributed by atoms with Gasteiger partial charge in [0.2, 0.25) is 5.88 Å². The lowest BCUT2D eigenvalue weighted by atomic mass is 9.80. The van der Waals surface area contributed by atoms with Crippen molar-refractivity contribution in [2.75, 3.05) is 13.4 Å². The van der Waals surface area contributed by atoms with Gasteiger partial charge in [-0.3, -0.25) is 0 Å². The largest absolute Gasteiger partial charge is 0.500 e. The minimum atomic E-state index is -3.37. The van der Waals surface area contributed by atoms with E-state index in [-0.39, 0.29) is 4.90 Å². The Balaban J connectivity index is 2.49. The van der Waals surface area contributed by atoms with Crippen LogP contribution in [0, 0.1) is 0 Å². The molecule has 2 heterocycles. The summed E-state index contributed by atoms with van der Waals surface area (Å²) in [7, 11) is -2.62. The van der Waals surface area contributed by atoms with Crippen LogP contribution in [0.1, 0.15) is 27.7 Å². The van der Waals surface area contributed by atoms with Crippen LogP contribution in [0.25, 0.3) is 0 Å². The fourth-order valence-electron chi connectivity index (χ4n) is 1.96. The van der Waals surface area contributed by atoms with Crippen LogP contribution in [0.4, 0.5) is 0 Å². The van der Waals surface area contributed by atoms with Gasteiger partial charge in [0.25, 0.3) is 0 Å². The molecule has 1 aliphatic heterocycles. The molecule has 0 bridgehead atoms. The van der Waals surface area contributed by atoms with Crippen LogP contribution in [0.2, 0.25) is 0 Å². The van der Waals surface area contributed by atoms with Crippen LogP contribution in [0.15, 0.2) is 17.2 Å². The molecule has 6 nitrogen and oxygen atoms in total. The van der Waals surface area contributed by atoms with Gasteiger partial charge in [-0.2, -0.15) is 0 Å². The molecule has 116 valence electrons. The van der Waals surface area contributed by atoms with Gasteiger partial charge in [0, 0.05) is 17.9 Å². The standard InChI is InChI=1S/C13H20BNO5S/c1-12(2)13(3,4)20-14(19-12)10-7-9(21(6,16)17)8-15-11(10)18-5/h7-8H,1-6H3. The summed E-state index contributed by atoms with van der Waals surface area (Å²) in [6.07, 6.45) is 2.40. The average molecular weight is 313 g/mol. The Kier molecular flexibility index (Phi) is 3.84. The second kappa shape index (κ2) is 4.96. The van der Waals surface area contributed by atoms with E-state index in [1.165, 1.54) is 19.4 Å². The molecule has 21 heavy (non-hydrogen) atoms. The predicted octanol–water partition coefficient (Wildman–Crippen LogP) is 0.793. The lowest BCUT2D eigenvalue weighted by Crippen LogP contribution is -2.41. The average Bonchev–Trinajstić information content (AvgIpc) is 2.56. The third kappa shape index (κ3) is 2.93. The minimum absolute atomic E-state index is 0.105. The summed E-state index contributed by atoms with van der Waals surface area (Å²) < 4.78 is 40.4. The second-order valence-corrected chi connectivity index (χ2v) is 8.15. The summed E-state index contributed by atoms with van der Waals surface area (Å²) in [5.41, 5.74) is -0.577. The van der Waals surface area contributed by atoms with E-state index in [0.29, 0.717) is 11.3 Å². The number of hydrogen-bond acceptors (Lipinski definition) is 6. The maximum atomic E-state index is 11.7. The third-order valence-electron chi connectivity index (χ3n) is 3.98.